The molecule has 0 saturated heterocycles. The van der Waals surface area contributed by atoms with Gasteiger partial charge in [0.1, 0.15) is 0 Å². The normalized spacial score (nSPS) is 24.1. The summed E-state index contributed by atoms with van der Waals surface area (Å²) in [7, 11) is 0. The summed E-state index contributed by atoms with van der Waals surface area (Å²) in [5.41, 5.74) is 2.01. The fraction of sp³-hybridized carbons (Fsp3) is 0.400. The molecule has 0 bridgehead atoms. The van der Waals surface area contributed by atoms with Crippen LogP contribution in [0.15, 0.2) is 18.2 Å². The summed E-state index contributed by atoms with van der Waals surface area (Å²) >= 11 is 0. The van der Waals surface area contributed by atoms with Gasteiger partial charge in [-0.15, -0.1) is 0 Å². The lowest BCUT2D eigenvalue weighted by Gasteiger charge is -2.06. The average molecular weight is 191 g/mol. The zero-order valence-corrected chi connectivity index (χ0v) is 8.10. The highest BCUT2D eigenvalue weighted by Gasteiger charge is 2.28. The number of nitrogens with zero attached hydrogens (tertiary/aromatic N) is 2. The Labute approximate surface area is 82.1 Å². The van der Waals surface area contributed by atoms with Crippen LogP contribution in [0.25, 0.3) is 0 Å². The maximum absolute atomic E-state index is 10.5. The van der Waals surface area contributed by atoms with Crippen molar-refractivity contribution in [3.63, 3.8) is 0 Å². The smallest absolute Gasteiger partial charge is 0.271 e. The molecule has 1 heterocycles. The summed E-state index contributed by atoms with van der Waals surface area (Å²) in [5.74, 6) is 0.366. The third-order valence-corrected chi connectivity index (χ3v) is 2.78. The molecule has 2 rings (SSSR count). The van der Waals surface area contributed by atoms with Gasteiger partial charge < -0.3 is 0 Å². The first-order chi connectivity index (χ1) is 6.59. The highest BCUT2D eigenvalue weighted by Crippen LogP contribution is 2.37. The molecule has 0 N–H and O–H groups in total. The van der Waals surface area contributed by atoms with Gasteiger partial charge in [-0.05, 0) is 18.6 Å². The molecule has 1 aliphatic heterocycles. The van der Waals surface area contributed by atoms with Crippen molar-refractivity contribution in [1.29, 1.82) is 0 Å². The topological polar surface area (TPSA) is 57.2 Å². The van der Waals surface area contributed by atoms with Crippen molar-refractivity contribution in [2.75, 3.05) is 0 Å². The van der Waals surface area contributed by atoms with Gasteiger partial charge in [0.2, 0.25) is 0 Å². The molecule has 2 atom stereocenters. The lowest BCUT2D eigenvalue weighted by Crippen LogP contribution is -2.11. The zero-order valence-electron chi connectivity index (χ0n) is 8.10. The molecule has 1 aromatic carbocycles. The highest BCUT2D eigenvalue weighted by atomic mass is 16.6. The number of fused-ring (bicyclic) bond motifs is 1. The number of nitro benzene ring substituents is 1. The van der Waals surface area contributed by atoms with E-state index >= 15 is 0 Å². The van der Waals surface area contributed by atoms with Crippen LogP contribution >= 0.6 is 0 Å². The Morgan fingerprint density at radius 2 is 2.14 bits per heavy atom. The van der Waals surface area contributed by atoms with Gasteiger partial charge in [-0.3, -0.25) is 15.4 Å². The Morgan fingerprint density at radius 3 is 2.79 bits per heavy atom. The van der Waals surface area contributed by atoms with Crippen LogP contribution in [0, 0.1) is 10.1 Å². The molecular formula is C10H11N2O2. The fourth-order valence-corrected chi connectivity index (χ4v) is 1.73. The number of nitro groups is 1. The van der Waals surface area contributed by atoms with Gasteiger partial charge in [-0.1, -0.05) is 6.92 Å². The van der Waals surface area contributed by atoms with Gasteiger partial charge in [-0.2, -0.15) is 0 Å². The fourth-order valence-electron chi connectivity index (χ4n) is 1.73. The van der Waals surface area contributed by atoms with Gasteiger partial charge in [0.05, 0.1) is 16.7 Å². The van der Waals surface area contributed by atoms with E-state index in [0.717, 1.165) is 11.3 Å². The third kappa shape index (κ3) is 1.23. The van der Waals surface area contributed by atoms with E-state index in [-0.39, 0.29) is 16.7 Å². The molecular weight excluding hydrogens is 180 g/mol. The molecule has 4 heteroatoms. The average Bonchev–Trinajstić information content (AvgIpc) is 2.42. The Hall–Kier alpha value is -1.58. The monoisotopic (exact) mass is 191 g/mol. The lowest BCUT2D eigenvalue weighted by molar-refractivity contribution is -0.384. The molecule has 0 spiro atoms. The minimum atomic E-state index is -0.385. The van der Waals surface area contributed by atoms with Crippen molar-refractivity contribution < 1.29 is 4.92 Å². The molecule has 0 saturated carbocycles. The van der Waals surface area contributed by atoms with E-state index in [1.54, 1.807) is 12.1 Å². The molecule has 2 unspecified atom stereocenters. The minimum Gasteiger partial charge on any atom is -0.281 e. The maximum Gasteiger partial charge on any atom is 0.271 e. The van der Waals surface area contributed by atoms with Crippen LogP contribution in [0.3, 0.4) is 0 Å². The first-order valence-corrected chi connectivity index (χ1v) is 4.59. The maximum atomic E-state index is 10.5. The summed E-state index contributed by atoms with van der Waals surface area (Å²) in [4.78, 5) is 10.1. The molecule has 1 aromatic rings. The van der Waals surface area contributed by atoms with Crippen LogP contribution in [-0.4, -0.2) is 11.0 Å². The van der Waals surface area contributed by atoms with E-state index in [2.05, 4.69) is 12.2 Å². The number of hydrogen-bond donors (Lipinski definition) is 0. The zero-order chi connectivity index (χ0) is 10.3. The van der Waals surface area contributed by atoms with Crippen LogP contribution in [0.5, 0.6) is 0 Å². The SMILES string of the molecule is CC1[N]c2cc([N+](=O)[O-])ccc2C1C. The van der Waals surface area contributed by atoms with Gasteiger partial charge in [0.15, 0.2) is 0 Å². The molecule has 14 heavy (non-hydrogen) atoms. The van der Waals surface area contributed by atoms with Crippen molar-refractivity contribution in [3.05, 3.63) is 33.9 Å². The Balaban J connectivity index is 2.44. The van der Waals surface area contributed by atoms with Crippen molar-refractivity contribution in [1.82, 2.24) is 5.32 Å². The van der Waals surface area contributed by atoms with Crippen LogP contribution < -0.4 is 5.32 Å². The van der Waals surface area contributed by atoms with E-state index < -0.39 is 0 Å². The van der Waals surface area contributed by atoms with E-state index in [1.165, 1.54) is 0 Å². The molecule has 73 valence electrons. The second kappa shape index (κ2) is 2.97. The van der Waals surface area contributed by atoms with Crippen LogP contribution in [-0.2, 0) is 0 Å². The van der Waals surface area contributed by atoms with E-state index in [9.17, 15) is 10.1 Å². The first kappa shape index (κ1) is 8.99. The highest BCUT2D eigenvalue weighted by molar-refractivity contribution is 5.57. The van der Waals surface area contributed by atoms with Crippen molar-refractivity contribution in [2.45, 2.75) is 25.8 Å². The Bertz CT molecular complexity index is 390. The second-order valence-corrected chi connectivity index (χ2v) is 3.66. The van der Waals surface area contributed by atoms with Crippen LogP contribution in [0.1, 0.15) is 25.3 Å². The molecule has 0 aliphatic carbocycles. The van der Waals surface area contributed by atoms with Gasteiger partial charge >= 0.3 is 0 Å². The summed E-state index contributed by atoms with van der Waals surface area (Å²) in [5, 5.41) is 14.9. The van der Waals surface area contributed by atoms with E-state index in [1.807, 2.05) is 13.0 Å². The first-order valence-electron chi connectivity index (χ1n) is 4.59. The Kier molecular flexibility index (Phi) is 1.91. The quantitative estimate of drug-likeness (QED) is 0.505. The molecule has 1 aliphatic rings. The van der Waals surface area contributed by atoms with Gasteiger partial charge in [0.25, 0.3) is 5.69 Å². The van der Waals surface area contributed by atoms with Crippen LogP contribution in [0.4, 0.5) is 11.4 Å². The number of benzene rings is 1. The number of hydrogen-bond acceptors (Lipinski definition) is 2. The minimum absolute atomic E-state index is 0.119. The van der Waals surface area contributed by atoms with Crippen molar-refractivity contribution in [3.8, 4) is 0 Å². The predicted octanol–water partition coefficient (Wildman–Crippen LogP) is 2.34. The standard InChI is InChI=1S/C10H11N2O2/c1-6-7(2)11-10-5-8(12(13)14)3-4-9(6)10/h3-7H,1-2H3. The van der Waals surface area contributed by atoms with Crippen molar-refractivity contribution >= 4 is 11.4 Å². The second-order valence-electron chi connectivity index (χ2n) is 3.66. The molecule has 0 aromatic heterocycles. The number of non-ortho nitro benzene ring substituents is 1. The summed E-state index contributed by atoms with van der Waals surface area (Å²) in [6.45, 7) is 4.11. The van der Waals surface area contributed by atoms with Gasteiger partial charge in [-0.25, -0.2) is 0 Å². The lowest BCUT2D eigenvalue weighted by atomic mass is 9.98. The predicted molar refractivity (Wildman–Crippen MR) is 52.8 cm³/mol. The van der Waals surface area contributed by atoms with Crippen LogP contribution in [0.2, 0.25) is 0 Å². The van der Waals surface area contributed by atoms with E-state index in [4.69, 9.17) is 0 Å². The Morgan fingerprint density at radius 1 is 1.43 bits per heavy atom. The number of rotatable bonds is 1. The molecule has 4 nitrogen and oxygen atoms in total. The molecule has 0 fully saturated rings. The van der Waals surface area contributed by atoms with Crippen molar-refractivity contribution in [2.24, 2.45) is 0 Å². The van der Waals surface area contributed by atoms with E-state index in [0.29, 0.717) is 5.92 Å². The summed E-state index contributed by atoms with van der Waals surface area (Å²) < 4.78 is 0. The summed E-state index contributed by atoms with van der Waals surface area (Å²) in [6, 6.07) is 5.13. The summed E-state index contributed by atoms with van der Waals surface area (Å²) in [6.07, 6.45) is 0. The third-order valence-electron chi connectivity index (χ3n) is 2.78. The largest absolute Gasteiger partial charge is 0.281 e. The van der Waals surface area contributed by atoms with Gasteiger partial charge in [0, 0.05) is 18.1 Å². The molecule has 1 radical (unpaired) electrons. The molecule has 0 amide bonds.